The van der Waals surface area contributed by atoms with E-state index in [4.69, 9.17) is 17.0 Å². The molecule has 1 amide bonds. The highest BCUT2D eigenvalue weighted by Crippen LogP contribution is 2.39. The predicted molar refractivity (Wildman–Crippen MR) is 120 cm³/mol. The van der Waals surface area contributed by atoms with E-state index in [1.54, 1.807) is 30.3 Å². The molecule has 1 N–H and O–H groups in total. The van der Waals surface area contributed by atoms with E-state index in [1.165, 1.54) is 23.1 Å². The van der Waals surface area contributed by atoms with Crippen molar-refractivity contribution in [3.8, 4) is 5.75 Å². The number of nitro benzene ring substituents is 1. The van der Waals surface area contributed by atoms with E-state index in [-0.39, 0.29) is 15.8 Å². The SMILES string of the molecule is CCCOC(=O)C(c1ccccc1)N1C(=O)/C(=C/c2ccc(O)c([N+](=O)[O-])c2)SC1=S. The third-order valence-electron chi connectivity index (χ3n) is 4.36. The molecule has 31 heavy (non-hydrogen) atoms. The van der Waals surface area contributed by atoms with Gasteiger partial charge in [0, 0.05) is 6.07 Å². The van der Waals surface area contributed by atoms with Crippen LogP contribution in [0.2, 0.25) is 0 Å². The second kappa shape index (κ2) is 9.71. The largest absolute Gasteiger partial charge is 0.502 e. The van der Waals surface area contributed by atoms with E-state index in [2.05, 4.69) is 0 Å². The van der Waals surface area contributed by atoms with E-state index in [0.717, 1.165) is 17.8 Å². The number of hydrogen-bond acceptors (Lipinski definition) is 8. The lowest BCUT2D eigenvalue weighted by molar-refractivity contribution is -0.385. The molecule has 2 aromatic carbocycles. The van der Waals surface area contributed by atoms with Crippen LogP contribution in [0.5, 0.6) is 5.75 Å². The van der Waals surface area contributed by atoms with Crippen LogP contribution in [0.15, 0.2) is 53.4 Å². The summed E-state index contributed by atoms with van der Waals surface area (Å²) in [5.41, 5.74) is 0.422. The third-order valence-corrected chi connectivity index (χ3v) is 5.69. The molecule has 1 aliphatic rings. The average Bonchev–Trinajstić information content (AvgIpc) is 3.02. The smallest absolute Gasteiger partial charge is 0.333 e. The van der Waals surface area contributed by atoms with Crippen LogP contribution in [0, 0.1) is 10.1 Å². The van der Waals surface area contributed by atoms with Crippen molar-refractivity contribution in [3.63, 3.8) is 0 Å². The molecule has 8 nitrogen and oxygen atoms in total. The fourth-order valence-electron chi connectivity index (χ4n) is 2.94. The zero-order valence-electron chi connectivity index (χ0n) is 16.4. The van der Waals surface area contributed by atoms with Gasteiger partial charge >= 0.3 is 11.7 Å². The Balaban J connectivity index is 1.97. The van der Waals surface area contributed by atoms with Crippen molar-refractivity contribution in [2.75, 3.05) is 6.61 Å². The van der Waals surface area contributed by atoms with Gasteiger partial charge in [-0.25, -0.2) is 4.79 Å². The molecular formula is C21H18N2O6S2. The number of amides is 1. The second-order valence-corrected chi connectivity index (χ2v) is 8.21. The molecule has 0 aliphatic carbocycles. The Morgan fingerprint density at radius 3 is 2.68 bits per heavy atom. The summed E-state index contributed by atoms with van der Waals surface area (Å²) in [6.45, 7) is 2.08. The number of thioether (sulfide) groups is 1. The first-order chi connectivity index (χ1) is 14.8. The summed E-state index contributed by atoms with van der Waals surface area (Å²) in [6, 6.07) is 11.5. The Morgan fingerprint density at radius 2 is 2.03 bits per heavy atom. The zero-order chi connectivity index (χ0) is 22.5. The lowest BCUT2D eigenvalue weighted by atomic mass is 10.1. The van der Waals surface area contributed by atoms with Gasteiger partial charge < -0.3 is 9.84 Å². The molecule has 0 radical (unpaired) electrons. The van der Waals surface area contributed by atoms with Gasteiger partial charge in [0.1, 0.15) is 4.32 Å². The molecule has 1 atom stereocenters. The van der Waals surface area contributed by atoms with Crippen molar-refractivity contribution in [1.29, 1.82) is 0 Å². The Bertz CT molecular complexity index is 1070. The molecule has 1 heterocycles. The van der Waals surface area contributed by atoms with Crippen molar-refractivity contribution < 1.29 is 24.4 Å². The maximum Gasteiger partial charge on any atom is 0.333 e. The summed E-state index contributed by atoms with van der Waals surface area (Å²) >= 11 is 6.37. The maximum atomic E-state index is 13.2. The highest BCUT2D eigenvalue weighted by atomic mass is 32.2. The molecule has 3 rings (SSSR count). The van der Waals surface area contributed by atoms with Gasteiger partial charge in [-0.3, -0.25) is 19.8 Å². The molecule has 160 valence electrons. The van der Waals surface area contributed by atoms with Crippen LogP contribution < -0.4 is 0 Å². The number of nitrogens with zero attached hydrogens (tertiary/aromatic N) is 2. The van der Waals surface area contributed by atoms with Crippen molar-refractivity contribution in [1.82, 2.24) is 4.90 Å². The molecule has 1 saturated heterocycles. The fraction of sp³-hybridized carbons (Fsp3) is 0.190. The van der Waals surface area contributed by atoms with Crippen LogP contribution in [0.1, 0.15) is 30.5 Å². The zero-order valence-corrected chi connectivity index (χ0v) is 18.0. The summed E-state index contributed by atoms with van der Waals surface area (Å²) in [4.78, 5) is 37.7. The first-order valence-corrected chi connectivity index (χ1v) is 10.5. The van der Waals surface area contributed by atoms with E-state index in [0.29, 0.717) is 17.5 Å². The summed E-state index contributed by atoms with van der Waals surface area (Å²) in [6.07, 6.45) is 2.07. The third kappa shape index (κ3) is 4.92. The average molecular weight is 459 g/mol. The molecule has 0 bridgehead atoms. The monoisotopic (exact) mass is 458 g/mol. The number of benzene rings is 2. The van der Waals surface area contributed by atoms with Gasteiger partial charge in [0.15, 0.2) is 11.8 Å². The van der Waals surface area contributed by atoms with Gasteiger partial charge in [0.25, 0.3) is 5.91 Å². The van der Waals surface area contributed by atoms with Gasteiger partial charge in [-0.05, 0) is 29.7 Å². The quantitative estimate of drug-likeness (QED) is 0.216. The molecule has 0 saturated carbocycles. The van der Waals surface area contributed by atoms with Crippen LogP contribution in [0.25, 0.3) is 6.08 Å². The minimum absolute atomic E-state index is 0.173. The number of carbonyl (C=O) groups is 2. The Morgan fingerprint density at radius 1 is 1.32 bits per heavy atom. The Hall–Kier alpha value is -3.24. The number of hydrogen-bond donors (Lipinski definition) is 1. The van der Waals surface area contributed by atoms with Crippen LogP contribution in [-0.2, 0) is 14.3 Å². The van der Waals surface area contributed by atoms with Gasteiger partial charge in [0.2, 0.25) is 0 Å². The topological polar surface area (TPSA) is 110 Å². The number of nitro groups is 1. The van der Waals surface area contributed by atoms with Gasteiger partial charge in [0.05, 0.1) is 16.4 Å². The number of phenolic OH excluding ortho intramolecular Hbond substituents is 1. The van der Waals surface area contributed by atoms with Crippen LogP contribution in [0.3, 0.4) is 0 Å². The summed E-state index contributed by atoms with van der Waals surface area (Å²) in [7, 11) is 0. The van der Waals surface area contributed by atoms with Gasteiger partial charge in [-0.2, -0.15) is 0 Å². The molecule has 0 spiro atoms. The molecule has 2 aromatic rings. The lowest BCUT2D eigenvalue weighted by Gasteiger charge is -2.25. The van der Waals surface area contributed by atoms with Crippen molar-refractivity contribution in [3.05, 3.63) is 74.7 Å². The maximum absolute atomic E-state index is 13.2. The number of carbonyl (C=O) groups excluding carboxylic acids is 2. The Labute approximate surface area is 187 Å². The first kappa shape index (κ1) is 22.4. The van der Waals surface area contributed by atoms with Crippen molar-refractivity contribution in [2.45, 2.75) is 19.4 Å². The molecule has 0 aromatic heterocycles. The summed E-state index contributed by atoms with van der Waals surface area (Å²) in [5, 5.41) is 20.7. The number of aromatic hydroxyl groups is 1. The normalized spacial score (nSPS) is 15.9. The number of phenols is 1. The van der Waals surface area contributed by atoms with Crippen molar-refractivity contribution >= 4 is 51.9 Å². The first-order valence-electron chi connectivity index (χ1n) is 9.29. The number of rotatable bonds is 7. The van der Waals surface area contributed by atoms with E-state index >= 15 is 0 Å². The van der Waals surface area contributed by atoms with Crippen molar-refractivity contribution in [2.24, 2.45) is 0 Å². The minimum Gasteiger partial charge on any atom is -0.502 e. The molecule has 1 unspecified atom stereocenters. The summed E-state index contributed by atoms with van der Waals surface area (Å²) in [5.74, 6) is -1.57. The predicted octanol–water partition coefficient (Wildman–Crippen LogP) is 4.20. The number of ether oxygens (including phenoxy) is 1. The highest BCUT2D eigenvalue weighted by molar-refractivity contribution is 8.26. The number of esters is 1. The van der Waals surface area contributed by atoms with Gasteiger partial charge in [-0.15, -0.1) is 0 Å². The fourth-order valence-corrected chi connectivity index (χ4v) is 4.25. The number of thiocarbonyl (C=S) groups is 1. The molecular weight excluding hydrogens is 440 g/mol. The van der Waals surface area contributed by atoms with E-state index in [1.807, 2.05) is 6.92 Å². The van der Waals surface area contributed by atoms with Crippen LogP contribution >= 0.6 is 24.0 Å². The second-order valence-electron chi connectivity index (χ2n) is 6.54. The summed E-state index contributed by atoms with van der Waals surface area (Å²) < 4.78 is 5.47. The van der Waals surface area contributed by atoms with Crippen LogP contribution in [-0.4, -0.2) is 37.7 Å². The highest BCUT2D eigenvalue weighted by Gasteiger charge is 2.42. The molecule has 1 aliphatic heterocycles. The minimum atomic E-state index is -1.04. The van der Waals surface area contributed by atoms with Gasteiger partial charge in [-0.1, -0.05) is 67.3 Å². The van der Waals surface area contributed by atoms with E-state index in [9.17, 15) is 24.8 Å². The molecule has 1 fully saturated rings. The standard InChI is InChI=1S/C21H18N2O6S2/c1-2-10-29-20(26)18(14-6-4-3-5-7-14)22-19(25)17(31-21(22)30)12-13-8-9-16(24)15(11-13)23(27)28/h3-9,11-12,18,24H,2,10H2,1H3/b17-12-. The molecule has 10 heteroatoms. The van der Waals surface area contributed by atoms with Crippen LogP contribution in [0.4, 0.5) is 5.69 Å². The van der Waals surface area contributed by atoms with E-state index < -0.39 is 34.3 Å². The Kier molecular flexibility index (Phi) is 7.03. The lowest BCUT2D eigenvalue weighted by Crippen LogP contribution is -2.38.